The van der Waals surface area contributed by atoms with Gasteiger partial charge in [-0.15, -0.1) is 0 Å². The molecule has 0 radical (unpaired) electrons. The highest BCUT2D eigenvalue weighted by molar-refractivity contribution is 5.98. The van der Waals surface area contributed by atoms with E-state index in [1.165, 1.54) is 6.26 Å². The normalized spacial score (nSPS) is 20.0. The third-order valence-corrected chi connectivity index (χ3v) is 6.05. The van der Waals surface area contributed by atoms with E-state index in [2.05, 4.69) is 5.32 Å². The quantitative estimate of drug-likeness (QED) is 0.773. The molecule has 32 heavy (non-hydrogen) atoms. The third kappa shape index (κ3) is 4.27. The number of hydrogen-bond donors (Lipinski definition) is 1. The molecular weight excluding hydrogens is 410 g/mol. The zero-order chi connectivity index (χ0) is 22.7. The second-order valence-corrected chi connectivity index (χ2v) is 8.72. The predicted octanol–water partition coefficient (Wildman–Crippen LogP) is 2.53. The Bertz CT molecular complexity index is 949. The van der Waals surface area contributed by atoms with Crippen molar-refractivity contribution in [3.05, 3.63) is 60.1 Å². The Morgan fingerprint density at radius 1 is 1.06 bits per heavy atom. The number of ether oxygens (including phenoxy) is 1. The Morgan fingerprint density at radius 3 is 2.41 bits per heavy atom. The topological polar surface area (TPSA) is 92.1 Å². The van der Waals surface area contributed by atoms with Crippen LogP contribution in [0.25, 0.3) is 0 Å². The van der Waals surface area contributed by atoms with Crippen LogP contribution < -0.4 is 5.32 Å². The van der Waals surface area contributed by atoms with Gasteiger partial charge in [-0.25, -0.2) is 0 Å². The minimum absolute atomic E-state index is 0.134. The molecule has 1 aromatic heterocycles. The van der Waals surface area contributed by atoms with Crippen molar-refractivity contribution in [2.24, 2.45) is 5.92 Å². The van der Waals surface area contributed by atoms with Crippen LogP contribution in [0.4, 0.5) is 0 Å². The minimum atomic E-state index is -0.924. The maximum atomic E-state index is 13.5. The Hall–Kier alpha value is -3.13. The molecule has 0 bridgehead atoms. The van der Waals surface area contributed by atoms with Crippen molar-refractivity contribution in [2.45, 2.75) is 38.5 Å². The van der Waals surface area contributed by atoms with Gasteiger partial charge < -0.3 is 19.4 Å². The molecule has 1 atom stereocenters. The SMILES string of the molecule is CC(C)CNC(=O)C1COC2(CCN(C(=O)c3ccco3)CC2)N1C(=O)c1ccccc1. The second kappa shape index (κ2) is 9.16. The number of carbonyl (C=O) groups is 3. The van der Waals surface area contributed by atoms with Gasteiger partial charge in [0.1, 0.15) is 11.8 Å². The molecule has 170 valence electrons. The number of carbonyl (C=O) groups excluding carboxylic acids is 3. The van der Waals surface area contributed by atoms with E-state index >= 15 is 0 Å². The Labute approximate surface area is 187 Å². The van der Waals surface area contributed by atoms with Crippen LogP contribution in [0.2, 0.25) is 0 Å². The molecule has 1 aromatic carbocycles. The first kappa shape index (κ1) is 22.1. The van der Waals surface area contributed by atoms with Gasteiger partial charge in [-0.05, 0) is 30.2 Å². The van der Waals surface area contributed by atoms with Crippen LogP contribution in [0.3, 0.4) is 0 Å². The van der Waals surface area contributed by atoms with Gasteiger partial charge in [0, 0.05) is 38.0 Å². The van der Waals surface area contributed by atoms with Crippen LogP contribution in [-0.2, 0) is 9.53 Å². The molecule has 2 saturated heterocycles. The number of piperidine rings is 1. The van der Waals surface area contributed by atoms with Gasteiger partial charge in [-0.1, -0.05) is 32.0 Å². The molecule has 3 heterocycles. The van der Waals surface area contributed by atoms with Gasteiger partial charge >= 0.3 is 0 Å². The van der Waals surface area contributed by atoms with E-state index < -0.39 is 11.8 Å². The van der Waals surface area contributed by atoms with E-state index in [1.54, 1.807) is 46.2 Å². The van der Waals surface area contributed by atoms with Gasteiger partial charge in [-0.3, -0.25) is 19.3 Å². The maximum absolute atomic E-state index is 13.5. The number of amides is 3. The maximum Gasteiger partial charge on any atom is 0.289 e. The van der Waals surface area contributed by atoms with Crippen molar-refractivity contribution < 1.29 is 23.5 Å². The molecule has 2 aromatic rings. The molecule has 2 aliphatic heterocycles. The Kier molecular flexibility index (Phi) is 6.32. The molecule has 4 rings (SSSR count). The lowest BCUT2D eigenvalue weighted by Crippen LogP contribution is -2.60. The number of hydrogen-bond acceptors (Lipinski definition) is 5. The van der Waals surface area contributed by atoms with Gasteiger partial charge in [0.05, 0.1) is 12.9 Å². The van der Waals surface area contributed by atoms with Gasteiger partial charge in [-0.2, -0.15) is 0 Å². The summed E-state index contributed by atoms with van der Waals surface area (Å²) in [5.74, 6) is -0.0524. The molecule has 1 unspecified atom stereocenters. The summed E-state index contributed by atoms with van der Waals surface area (Å²) < 4.78 is 11.4. The standard InChI is InChI=1S/C24H29N3O5/c1-17(2)15-25-21(28)19-16-32-24(27(19)22(29)18-7-4-3-5-8-18)10-12-26(13-11-24)23(30)20-9-6-14-31-20/h3-9,14,17,19H,10-13,15-16H2,1-2H3,(H,25,28). The average molecular weight is 440 g/mol. The predicted molar refractivity (Wildman–Crippen MR) is 117 cm³/mol. The monoisotopic (exact) mass is 439 g/mol. The number of likely N-dealkylation sites (tertiary alicyclic amines) is 1. The summed E-state index contributed by atoms with van der Waals surface area (Å²) >= 11 is 0. The van der Waals surface area contributed by atoms with Crippen molar-refractivity contribution >= 4 is 17.7 Å². The summed E-state index contributed by atoms with van der Waals surface area (Å²) in [6, 6.07) is 11.5. The molecule has 2 fully saturated rings. The number of benzene rings is 1. The molecule has 1 spiro atoms. The fourth-order valence-electron chi connectivity index (χ4n) is 4.32. The zero-order valence-corrected chi connectivity index (χ0v) is 18.5. The van der Waals surface area contributed by atoms with Gasteiger partial charge in [0.15, 0.2) is 5.76 Å². The fourth-order valence-corrected chi connectivity index (χ4v) is 4.32. The first-order valence-corrected chi connectivity index (χ1v) is 11.0. The average Bonchev–Trinajstić information content (AvgIpc) is 3.47. The zero-order valence-electron chi connectivity index (χ0n) is 18.5. The lowest BCUT2D eigenvalue weighted by Gasteiger charge is -2.44. The highest BCUT2D eigenvalue weighted by Gasteiger charge is 2.54. The van der Waals surface area contributed by atoms with Crippen LogP contribution in [0.1, 0.15) is 47.6 Å². The second-order valence-electron chi connectivity index (χ2n) is 8.72. The Morgan fingerprint density at radius 2 is 1.78 bits per heavy atom. The molecule has 8 nitrogen and oxygen atoms in total. The lowest BCUT2D eigenvalue weighted by molar-refractivity contribution is -0.128. The van der Waals surface area contributed by atoms with E-state index in [1.807, 2.05) is 19.9 Å². The fraction of sp³-hybridized carbons (Fsp3) is 0.458. The van der Waals surface area contributed by atoms with Crippen molar-refractivity contribution in [3.8, 4) is 0 Å². The highest BCUT2D eigenvalue weighted by atomic mass is 16.5. The highest BCUT2D eigenvalue weighted by Crippen LogP contribution is 2.38. The van der Waals surface area contributed by atoms with Gasteiger partial charge in [0.2, 0.25) is 5.91 Å². The molecule has 8 heteroatoms. The van der Waals surface area contributed by atoms with Crippen LogP contribution in [-0.4, -0.2) is 65.5 Å². The van der Waals surface area contributed by atoms with Crippen LogP contribution in [0, 0.1) is 5.92 Å². The smallest absolute Gasteiger partial charge is 0.289 e. The van der Waals surface area contributed by atoms with E-state index in [-0.39, 0.29) is 30.1 Å². The molecule has 2 aliphatic rings. The van der Waals surface area contributed by atoms with E-state index in [4.69, 9.17) is 9.15 Å². The summed E-state index contributed by atoms with van der Waals surface area (Å²) in [7, 11) is 0. The molecule has 1 N–H and O–H groups in total. The van der Waals surface area contributed by atoms with Crippen molar-refractivity contribution in [3.63, 3.8) is 0 Å². The van der Waals surface area contributed by atoms with Crippen molar-refractivity contribution in [1.29, 1.82) is 0 Å². The van der Waals surface area contributed by atoms with Gasteiger partial charge in [0.25, 0.3) is 11.8 Å². The summed E-state index contributed by atoms with van der Waals surface area (Å²) in [5.41, 5.74) is -0.416. The summed E-state index contributed by atoms with van der Waals surface area (Å²) in [6.45, 7) is 5.50. The van der Waals surface area contributed by atoms with Crippen molar-refractivity contribution in [1.82, 2.24) is 15.1 Å². The summed E-state index contributed by atoms with van der Waals surface area (Å²) in [6.07, 6.45) is 2.32. The molecule has 3 amide bonds. The number of rotatable bonds is 5. The molecule has 0 saturated carbocycles. The number of nitrogens with zero attached hydrogens (tertiary/aromatic N) is 2. The first-order chi connectivity index (χ1) is 15.4. The minimum Gasteiger partial charge on any atom is -0.459 e. The van der Waals surface area contributed by atoms with Crippen molar-refractivity contribution in [2.75, 3.05) is 26.2 Å². The lowest BCUT2D eigenvalue weighted by atomic mass is 9.96. The first-order valence-electron chi connectivity index (χ1n) is 11.0. The van der Waals surface area contributed by atoms with E-state index in [0.29, 0.717) is 44.0 Å². The van der Waals surface area contributed by atoms with Crippen LogP contribution in [0.15, 0.2) is 53.1 Å². The summed E-state index contributed by atoms with van der Waals surface area (Å²) in [5, 5.41) is 2.94. The Balaban J connectivity index is 1.55. The van der Waals surface area contributed by atoms with E-state index in [0.717, 1.165) is 0 Å². The number of nitrogens with one attached hydrogen (secondary N) is 1. The largest absolute Gasteiger partial charge is 0.459 e. The van der Waals surface area contributed by atoms with Crippen LogP contribution in [0.5, 0.6) is 0 Å². The molecular formula is C24H29N3O5. The van der Waals surface area contributed by atoms with Crippen LogP contribution >= 0.6 is 0 Å². The third-order valence-electron chi connectivity index (χ3n) is 6.05. The number of furan rings is 1. The summed E-state index contributed by atoms with van der Waals surface area (Å²) in [4.78, 5) is 42.5. The molecule has 0 aliphatic carbocycles. The van der Waals surface area contributed by atoms with E-state index in [9.17, 15) is 14.4 Å².